The highest BCUT2D eigenvalue weighted by Crippen LogP contribution is 2.39. The lowest BCUT2D eigenvalue weighted by Gasteiger charge is -2.49. The van der Waals surface area contributed by atoms with Crippen molar-refractivity contribution in [2.75, 3.05) is 26.7 Å². The Morgan fingerprint density at radius 3 is 2.22 bits per heavy atom. The Morgan fingerprint density at radius 1 is 0.963 bits per heavy atom. The van der Waals surface area contributed by atoms with E-state index < -0.39 is 0 Å². The van der Waals surface area contributed by atoms with Crippen LogP contribution < -0.4 is 0 Å². The zero-order valence-electron chi connectivity index (χ0n) is 17.0. The highest BCUT2D eigenvalue weighted by molar-refractivity contribution is 5.32. The third kappa shape index (κ3) is 4.25. The molecule has 5 rings (SSSR count). The lowest BCUT2D eigenvalue weighted by Crippen LogP contribution is -2.59. The van der Waals surface area contributed by atoms with Crippen LogP contribution in [-0.2, 0) is 4.74 Å². The monoisotopic (exact) mass is 365 g/mol. The van der Waals surface area contributed by atoms with Crippen molar-refractivity contribution in [3.05, 3.63) is 35.9 Å². The molecule has 3 heterocycles. The van der Waals surface area contributed by atoms with Crippen LogP contribution in [0.25, 0.3) is 0 Å². The van der Waals surface area contributed by atoms with Crippen LogP contribution in [0.5, 0.6) is 0 Å². The van der Waals surface area contributed by atoms with Crippen LogP contribution in [-0.4, -0.2) is 37.2 Å². The van der Waals surface area contributed by atoms with E-state index in [1.165, 1.54) is 76.4 Å². The zero-order chi connectivity index (χ0) is 18.5. The zero-order valence-corrected chi connectivity index (χ0v) is 17.0. The maximum Gasteiger partial charge on any atom is 0.143 e. The number of ether oxygens (including phenoxy) is 1. The molecule has 3 aliphatic heterocycles. The molecular formula is C25H35NO. The molecule has 0 aromatic heterocycles. The molecule has 1 aliphatic carbocycles. The second-order valence-electron chi connectivity index (χ2n) is 8.91. The average Bonchev–Trinajstić information content (AvgIpc) is 2.71. The van der Waals surface area contributed by atoms with E-state index in [9.17, 15) is 0 Å². The molecule has 1 aromatic carbocycles. The van der Waals surface area contributed by atoms with Gasteiger partial charge in [0.05, 0.1) is 0 Å². The number of hydrogen-bond donors (Lipinski definition) is 0. The van der Waals surface area contributed by atoms with Crippen LogP contribution in [0.15, 0.2) is 30.3 Å². The minimum absolute atomic E-state index is 0.245. The van der Waals surface area contributed by atoms with Crippen LogP contribution in [0.2, 0.25) is 0 Å². The smallest absolute Gasteiger partial charge is 0.143 e. The van der Waals surface area contributed by atoms with E-state index in [4.69, 9.17) is 4.74 Å². The Hall–Kier alpha value is -1.30. The third-order valence-electron chi connectivity index (χ3n) is 7.29. The van der Waals surface area contributed by atoms with Gasteiger partial charge in [-0.05, 0) is 50.3 Å². The van der Waals surface area contributed by atoms with Gasteiger partial charge in [-0.2, -0.15) is 0 Å². The minimum Gasteiger partial charge on any atom is -0.364 e. The summed E-state index contributed by atoms with van der Waals surface area (Å²) in [6, 6.07) is 11.0. The molecule has 2 nitrogen and oxygen atoms in total. The van der Waals surface area contributed by atoms with Gasteiger partial charge in [0.25, 0.3) is 0 Å². The van der Waals surface area contributed by atoms with Gasteiger partial charge in [-0.3, -0.25) is 4.90 Å². The van der Waals surface area contributed by atoms with Crippen LogP contribution in [0.4, 0.5) is 0 Å². The first-order valence-electron chi connectivity index (χ1n) is 11.2. The minimum atomic E-state index is -0.245. The van der Waals surface area contributed by atoms with Crippen LogP contribution in [0.3, 0.4) is 0 Å². The van der Waals surface area contributed by atoms with Crippen LogP contribution >= 0.6 is 0 Å². The molecule has 2 unspecified atom stereocenters. The van der Waals surface area contributed by atoms with E-state index in [1.54, 1.807) is 0 Å². The van der Waals surface area contributed by atoms with Gasteiger partial charge in [0.1, 0.15) is 5.60 Å². The molecule has 2 atom stereocenters. The van der Waals surface area contributed by atoms with Crippen molar-refractivity contribution < 1.29 is 4.74 Å². The van der Waals surface area contributed by atoms with Crippen molar-refractivity contribution in [1.29, 1.82) is 0 Å². The van der Waals surface area contributed by atoms with Crippen molar-refractivity contribution >= 4 is 0 Å². The van der Waals surface area contributed by atoms with Gasteiger partial charge in [-0.15, -0.1) is 0 Å². The van der Waals surface area contributed by atoms with E-state index in [1.807, 2.05) is 7.11 Å². The molecule has 0 N–H and O–H groups in total. The SMILES string of the molecule is COC1(C#CC(c2ccccc2)C2CCCCCCC2)CN2CCC1CC2. The van der Waals surface area contributed by atoms with Crippen LogP contribution in [0.1, 0.15) is 69.3 Å². The van der Waals surface area contributed by atoms with Crippen molar-refractivity contribution in [1.82, 2.24) is 4.90 Å². The number of fused-ring (bicyclic) bond motifs is 3. The van der Waals surface area contributed by atoms with Crippen molar-refractivity contribution in [2.24, 2.45) is 11.8 Å². The second-order valence-corrected chi connectivity index (χ2v) is 8.91. The normalized spacial score (nSPS) is 32.8. The third-order valence-corrected chi connectivity index (χ3v) is 7.29. The summed E-state index contributed by atoms with van der Waals surface area (Å²) < 4.78 is 6.12. The first-order chi connectivity index (χ1) is 13.3. The molecule has 1 aromatic rings. The summed E-state index contributed by atoms with van der Waals surface area (Å²) in [5.41, 5.74) is 1.16. The largest absolute Gasteiger partial charge is 0.364 e. The highest BCUT2D eigenvalue weighted by atomic mass is 16.5. The number of nitrogens with zero attached hydrogens (tertiary/aromatic N) is 1. The molecule has 0 spiro atoms. The Morgan fingerprint density at radius 2 is 1.63 bits per heavy atom. The summed E-state index contributed by atoms with van der Waals surface area (Å²) in [6.07, 6.45) is 12.0. The summed E-state index contributed by atoms with van der Waals surface area (Å²) in [4.78, 5) is 2.55. The van der Waals surface area contributed by atoms with Gasteiger partial charge < -0.3 is 4.74 Å². The van der Waals surface area contributed by atoms with Gasteiger partial charge >= 0.3 is 0 Å². The van der Waals surface area contributed by atoms with E-state index in [-0.39, 0.29) is 5.60 Å². The Bertz CT molecular complexity index is 644. The molecule has 2 bridgehead atoms. The summed E-state index contributed by atoms with van der Waals surface area (Å²) >= 11 is 0. The molecule has 2 heteroatoms. The first-order valence-corrected chi connectivity index (χ1v) is 11.2. The number of hydrogen-bond acceptors (Lipinski definition) is 2. The lowest BCUT2D eigenvalue weighted by molar-refractivity contribution is -0.0962. The standard InChI is InChI=1S/C25H35NO/c1-27-25(20-26-18-15-23(25)16-19-26)17-14-24(22-12-8-5-9-13-22)21-10-6-3-2-4-7-11-21/h5,8-9,12-13,21,23-24H,2-4,6-7,10-11,15-16,18-20H2,1H3. The van der Waals surface area contributed by atoms with E-state index in [0.717, 1.165) is 6.54 Å². The summed E-state index contributed by atoms with van der Waals surface area (Å²) in [7, 11) is 1.88. The number of benzene rings is 1. The van der Waals surface area contributed by atoms with E-state index in [2.05, 4.69) is 47.1 Å². The quantitative estimate of drug-likeness (QED) is 0.679. The van der Waals surface area contributed by atoms with E-state index >= 15 is 0 Å². The van der Waals surface area contributed by atoms with Gasteiger partial charge in [0.2, 0.25) is 0 Å². The fourth-order valence-electron chi connectivity index (χ4n) is 5.60. The molecule has 0 amide bonds. The second kappa shape index (κ2) is 8.80. The molecule has 3 saturated heterocycles. The van der Waals surface area contributed by atoms with Crippen molar-refractivity contribution in [3.8, 4) is 11.8 Å². The molecular weight excluding hydrogens is 330 g/mol. The van der Waals surface area contributed by atoms with Gasteiger partial charge in [-0.25, -0.2) is 0 Å². The maximum absolute atomic E-state index is 6.12. The van der Waals surface area contributed by atoms with Crippen LogP contribution in [0, 0.1) is 23.7 Å². The lowest BCUT2D eigenvalue weighted by atomic mass is 9.74. The van der Waals surface area contributed by atoms with Crippen molar-refractivity contribution in [3.63, 3.8) is 0 Å². The van der Waals surface area contributed by atoms with Gasteiger partial charge in [-0.1, -0.05) is 74.3 Å². The number of piperidine rings is 3. The molecule has 27 heavy (non-hydrogen) atoms. The summed E-state index contributed by atoms with van der Waals surface area (Å²) in [5.74, 6) is 9.18. The first kappa shape index (κ1) is 19.0. The Kier molecular flexibility index (Phi) is 6.21. The maximum atomic E-state index is 6.12. The summed E-state index contributed by atoms with van der Waals surface area (Å²) in [6.45, 7) is 3.44. The van der Waals surface area contributed by atoms with Crippen molar-refractivity contribution in [2.45, 2.75) is 69.3 Å². The predicted molar refractivity (Wildman–Crippen MR) is 112 cm³/mol. The average molecular weight is 366 g/mol. The molecule has 4 aliphatic rings. The Labute approximate surface area is 165 Å². The molecule has 146 valence electrons. The number of methoxy groups -OCH3 is 1. The van der Waals surface area contributed by atoms with Gasteiger partial charge in [0, 0.05) is 25.5 Å². The number of rotatable bonds is 3. The van der Waals surface area contributed by atoms with Gasteiger partial charge in [0.15, 0.2) is 0 Å². The topological polar surface area (TPSA) is 12.5 Å². The van der Waals surface area contributed by atoms with E-state index in [0.29, 0.717) is 17.8 Å². The molecule has 0 radical (unpaired) electrons. The Balaban J connectivity index is 1.62. The molecule has 1 saturated carbocycles. The highest BCUT2D eigenvalue weighted by Gasteiger charge is 2.46. The summed E-state index contributed by atoms with van der Waals surface area (Å²) in [5, 5.41) is 0. The fraction of sp³-hybridized carbons (Fsp3) is 0.680. The fourth-order valence-corrected chi connectivity index (χ4v) is 5.60. The molecule has 4 fully saturated rings. The predicted octanol–water partition coefficient (Wildman–Crippen LogP) is 5.24.